The number of hydrogen-bond donors (Lipinski definition) is 1. The van der Waals surface area contributed by atoms with Gasteiger partial charge in [-0.05, 0) is 17.3 Å². The summed E-state index contributed by atoms with van der Waals surface area (Å²) in [7, 11) is 0. The van der Waals surface area contributed by atoms with E-state index in [1.165, 1.54) is 0 Å². The molecule has 0 saturated carbocycles. The fraction of sp³-hybridized carbons (Fsp3) is 0.857. The van der Waals surface area contributed by atoms with E-state index in [0.717, 1.165) is 0 Å². The molecule has 4 nitrogen and oxygen atoms in total. The molecule has 2 unspecified atom stereocenters. The second kappa shape index (κ2) is 5.29. The van der Waals surface area contributed by atoms with Crippen molar-refractivity contribution in [3.63, 3.8) is 0 Å². The quantitative estimate of drug-likeness (QED) is 0.832. The predicted octanol–water partition coefficient (Wildman–Crippen LogP) is 1.65. The Bertz CT molecular complexity index is 331. The Balaban J connectivity index is 2.87. The van der Waals surface area contributed by atoms with Crippen LogP contribution in [0.1, 0.15) is 41.5 Å². The fourth-order valence-corrected chi connectivity index (χ4v) is 2.11. The molecule has 1 N–H and O–H groups in total. The zero-order valence-electron chi connectivity index (χ0n) is 12.4. The van der Waals surface area contributed by atoms with E-state index in [2.05, 4.69) is 33.0 Å². The Morgan fingerprint density at radius 2 is 1.83 bits per heavy atom. The average molecular weight is 254 g/mol. The van der Waals surface area contributed by atoms with Crippen molar-refractivity contribution in [1.82, 2.24) is 10.2 Å². The van der Waals surface area contributed by atoms with E-state index in [4.69, 9.17) is 0 Å². The smallest absolute Gasteiger partial charge is 0.243 e. The van der Waals surface area contributed by atoms with Crippen LogP contribution in [0.5, 0.6) is 0 Å². The van der Waals surface area contributed by atoms with E-state index in [9.17, 15) is 9.59 Å². The summed E-state index contributed by atoms with van der Waals surface area (Å²) in [6.07, 6.45) is 0. The minimum atomic E-state index is -0.323. The summed E-state index contributed by atoms with van der Waals surface area (Å²) in [5.41, 5.74) is 0.135. The predicted molar refractivity (Wildman–Crippen MR) is 72.0 cm³/mol. The van der Waals surface area contributed by atoms with Crippen LogP contribution in [0.3, 0.4) is 0 Å². The molecule has 1 heterocycles. The highest BCUT2D eigenvalue weighted by molar-refractivity contribution is 5.94. The van der Waals surface area contributed by atoms with Gasteiger partial charge in [-0.2, -0.15) is 0 Å². The van der Waals surface area contributed by atoms with Gasteiger partial charge in [0.15, 0.2) is 0 Å². The fourth-order valence-electron chi connectivity index (χ4n) is 2.11. The Morgan fingerprint density at radius 3 is 2.28 bits per heavy atom. The van der Waals surface area contributed by atoms with Crippen molar-refractivity contribution in [1.29, 1.82) is 0 Å². The normalized spacial score (nSPS) is 23.3. The summed E-state index contributed by atoms with van der Waals surface area (Å²) in [6, 6.07) is -0.323. The van der Waals surface area contributed by atoms with Crippen molar-refractivity contribution < 1.29 is 9.59 Å². The van der Waals surface area contributed by atoms with Gasteiger partial charge in [0.1, 0.15) is 6.04 Å². The van der Waals surface area contributed by atoms with E-state index < -0.39 is 0 Å². The molecule has 2 atom stereocenters. The molecule has 1 rings (SSSR count). The van der Waals surface area contributed by atoms with E-state index in [1.807, 2.05) is 13.8 Å². The zero-order valence-corrected chi connectivity index (χ0v) is 12.4. The van der Waals surface area contributed by atoms with E-state index in [0.29, 0.717) is 12.5 Å². The highest BCUT2D eigenvalue weighted by Crippen LogP contribution is 2.28. The van der Waals surface area contributed by atoms with Crippen molar-refractivity contribution in [2.45, 2.75) is 47.6 Å². The van der Waals surface area contributed by atoms with Gasteiger partial charge in [-0.25, -0.2) is 0 Å². The average Bonchev–Trinajstić information content (AvgIpc) is 2.21. The Morgan fingerprint density at radius 1 is 1.28 bits per heavy atom. The Labute approximate surface area is 110 Å². The first-order valence-electron chi connectivity index (χ1n) is 6.71. The molecule has 104 valence electrons. The summed E-state index contributed by atoms with van der Waals surface area (Å²) < 4.78 is 0. The van der Waals surface area contributed by atoms with Gasteiger partial charge < -0.3 is 10.2 Å². The largest absolute Gasteiger partial charge is 0.345 e. The van der Waals surface area contributed by atoms with Gasteiger partial charge in [-0.3, -0.25) is 9.59 Å². The van der Waals surface area contributed by atoms with Gasteiger partial charge in [0, 0.05) is 6.54 Å². The van der Waals surface area contributed by atoms with Crippen LogP contribution in [-0.2, 0) is 9.59 Å². The second-order valence-electron chi connectivity index (χ2n) is 6.72. The molecule has 1 saturated heterocycles. The summed E-state index contributed by atoms with van der Waals surface area (Å²) in [6.45, 7) is 13.4. The number of carbonyl (C=O) groups is 2. The van der Waals surface area contributed by atoms with E-state index >= 15 is 0 Å². The maximum atomic E-state index is 12.0. The number of carbonyl (C=O) groups excluding carboxylic acids is 2. The maximum Gasteiger partial charge on any atom is 0.243 e. The maximum absolute atomic E-state index is 12.0. The van der Waals surface area contributed by atoms with E-state index in [-0.39, 0.29) is 35.7 Å². The molecule has 2 amide bonds. The van der Waals surface area contributed by atoms with Crippen LogP contribution in [0.25, 0.3) is 0 Å². The molecule has 0 bridgehead atoms. The zero-order chi connectivity index (χ0) is 14.1. The third-order valence-electron chi connectivity index (χ3n) is 3.92. The lowest BCUT2D eigenvalue weighted by Gasteiger charge is -2.41. The van der Waals surface area contributed by atoms with Gasteiger partial charge in [0.25, 0.3) is 0 Å². The molecule has 0 aromatic heterocycles. The lowest BCUT2D eigenvalue weighted by atomic mass is 9.81. The monoisotopic (exact) mass is 254 g/mol. The number of hydrogen-bond acceptors (Lipinski definition) is 2. The van der Waals surface area contributed by atoms with Crippen molar-refractivity contribution in [2.24, 2.45) is 17.3 Å². The lowest BCUT2D eigenvalue weighted by Crippen LogP contribution is -2.61. The van der Waals surface area contributed by atoms with Crippen molar-refractivity contribution >= 4 is 11.8 Å². The molecule has 4 heteroatoms. The van der Waals surface area contributed by atoms with Gasteiger partial charge in [-0.1, -0.05) is 41.5 Å². The molecule has 0 radical (unpaired) electrons. The number of nitrogens with one attached hydrogen (secondary N) is 1. The minimum Gasteiger partial charge on any atom is -0.345 e. The Hall–Kier alpha value is -1.06. The molecule has 1 aliphatic heterocycles. The molecule has 1 aliphatic rings. The third kappa shape index (κ3) is 3.24. The van der Waals surface area contributed by atoms with Crippen LogP contribution >= 0.6 is 0 Å². The van der Waals surface area contributed by atoms with Crippen molar-refractivity contribution in [3.8, 4) is 0 Å². The van der Waals surface area contributed by atoms with Crippen LogP contribution in [0.15, 0.2) is 0 Å². The highest BCUT2D eigenvalue weighted by atomic mass is 16.2. The van der Waals surface area contributed by atoms with Gasteiger partial charge in [-0.15, -0.1) is 0 Å². The lowest BCUT2D eigenvalue weighted by molar-refractivity contribution is -0.148. The molecular weight excluding hydrogens is 228 g/mol. The minimum absolute atomic E-state index is 0.0225. The standard InChI is InChI=1S/C14H26N2O2/c1-9(2)12-13(18)15-7-11(17)16(12)8-10(3)14(4,5)6/h9-10,12H,7-8H2,1-6H3,(H,15,18). The first-order chi connectivity index (χ1) is 8.14. The molecule has 0 aliphatic carbocycles. The SMILES string of the molecule is CC(C)C1C(=O)NCC(=O)N1CC(C)C(C)(C)C. The van der Waals surface area contributed by atoms with Crippen molar-refractivity contribution in [2.75, 3.05) is 13.1 Å². The molecular formula is C14H26N2O2. The first kappa shape index (κ1) is 15.0. The molecule has 0 aromatic carbocycles. The molecule has 0 aromatic rings. The molecule has 18 heavy (non-hydrogen) atoms. The summed E-state index contributed by atoms with van der Waals surface area (Å²) in [4.78, 5) is 25.7. The summed E-state index contributed by atoms with van der Waals surface area (Å²) >= 11 is 0. The van der Waals surface area contributed by atoms with Crippen molar-refractivity contribution in [3.05, 3.63) is 0 Å². The van der Waals surface area contributed by atoms with Crippen LogP contribution in [0, 0.1) is 17.3 Å². The summed E-state index contributed by atoms with van der Waals surface area (Å²) in [5, 5.41) is 2.68. The number of nitrogens with zero attached hydrogens (tertiary/aromatic N) is 1. The van der Waals surface area contributed by atoms with E-state index in [1.54, 1.807) is 4.90 Å². The van der Waals surface area contributed by atoms with Crippen LogP contribution in [-0.4, -0.2) is 35.8 Å². The van der Waals surface area contributed by atoms with Crippen LogP contribution in [0.4, 0.5) is 0 Å². The third-order valence-corrected chi connectivity index (χ3v) is 3.92. The van der Waals surface area contributed by atoms with Gasteiger partial charge >= 0.3 is 0 Å². The van der Waals surface area contributed by atoms with Crippen LogP contribution in [0.2, 0.25) is 0 Å². The molecule has 0 spiro atoms. The first-order valence-corrected chi connectivity index (χ1v) is 6.71. The van der Waals surface area contributed by atoms with Crippen LogP contribution < -0.4 is 5.32 Å². The van der Waals surface area contributed by atoms with Gasteiger partial charge in [0.05, 0.1) is 6.54 Å². The number of rotatable bonds is 3. The second-order valence-corrected chi connectivity index (χ2v) is 6.72. The van der Waals surface area contributed by atoms with Gasteiger partial charge in [0.2, 0.25) is 11.8 Å². The topological polar surface area (TPSA) is 49.4 Å². The number of piperazine rings is 1. The Kier molecular flexibility index (Phi) is 4.41. The highest BCUT2D eigenvalue weighted by Gasteiger charge is 2.38. The molecule has 1 fully saturated rings. The number of amides is 2. The summed E-state index contributed by atoms with van der Waals surface area (Å²) in [5.74, 6) is 0.505.